The minimum Gasteiger partial charge on any atom is -0.453 e. The van der Waals surface area contributed by atoms with Gasteiger partial charge in [-0.2, -0.15) is 0 Å². The number of nitrogens with zero attached hydrogens (tertiary/aromatic N) is 1. The molecule has 7 nitrogen and oxygen atoms in total. The molecule has 0 bridgehead atoms. The summed E-state index contributed by atoms with van der Waals surface area (Å²) in [6.45, 7) is 0.317. The Labute approximate surface area is 149 Å². The van der Waals surface area contributed by atoms with Crippen molar-refractivity contribution in [2.24, 2.45) is 0 Å². The Kier molecular flexibility index (Phi) is 6.53. The molecule has 0 aliphatic carbocycles. The number of nitrogens with one attached hydrogen (secondary N) is 2. The normalized spacial score (nSPS) is 10.0. The predicted molar refractivity (Wildman–Crippen MR) is 95.6 cm³/mol. The van der Waals surface area contributed by atoms with Crippen LogP contribution in [0.1, 0.15) is 15.2 Å². The minimum absolute atomic E-state index is 0.0152. The maximum Gasteiger partial charge on any atom is 0.411 e. The van der Waals surface area contributed by atoms with Crippen LogP contribution in [0.3, 0.4) is 0 Å². The van der Waals surface area contributed by atoms with E-state index < -0.39 is 6.09 Å². The van der Waals surface area contributed by atoms with Crippen LogP contribution < -0.4 is 10.6 Å². The third-order valence-corrected chi connectivity index (χ3v) is 4.19. The van der Waals surface area contributed by atoms with Gasteiger partial charge in [-0.15, -0.1) is 11.3 Å². The van der Waals surface area contributed by atoms with Crippen LogP contribution in [-0.2, 0) is 16.1 Å². The molecule has 0 fully saturated rings. The van der Waals surface area contributed by atoms with Gasteiger partial charge in [0, 0.05) is 19.3 Å². The second kappa shape index (κ2) is 8.84. The summed E-state index contributed by atoms with van der Waals surface area (Å²) in [4.78, 5) is 37.1. The number of amides is 3. The van der Waals surface area contributed by atoms with Crippen LogP contribution in [0.25, 0.3) is 0 Å². The number of hydrogen-bond donors (Lipinski definition) is 2. The number of methoxy groups -OCH3 is 1. The average Bonchev–Trinajstić information content (AvgIpc) is 3.14. The molecule has 0 aliphatic heterocycles. The number of benzene rings is 1. The molecule has 0 radical (unpaired) electrons. The first-order chi connectivity index (χ1) is 12.0. The fourth-order valence-electron chi connectivity index (χ4n) is 2.01. The van der Waals surface area contributed by atoms with Gasteiger partial charge in [0.25, 0.3) is 5.91 Å². The first-order valence-electron chi connectivity index (χ1n) is 7.49. The highest BCUT2D eigenvalue weighted by atomic mass is 32.1. The van der Waals surface area contributed by atoms with Crippen molar-refractivity contribution in [2.45, 2.75) is 6.54 Å². The summed E-state index contributed by atoms with van der Waals surface area (Å²) < 4.78 is 4.51. The number of thiophene rings is 1. The van der Waals surface area contributed by atoms with Crippen molar-refractivity contribution in [1.29, 1.82) is 0 Å². The molecule has 8 heteroatoms. The van der Waals surface area contributed by atoms with Crippen molar-refractivity contribution in [2.75, 3.05) is 26.0 Å². The summed E-state index contributed by atoms with van der Waals surface area (Å²) in [7, 11) is 2.88. The average molecular weight is 361 g/mol. The molecule has 1 aromatic carbocycles. The van der Waals surface area contributed by atoms with Crippen LogP contribution >= 0.6 is 11.3 Å². The monoisotopic (exact) mass is 361 g/mol. The Morgan fingerprint density at radius 3 is 2.48 bits per heavy atom. The lowest BCUT2D eigenvalue weighted by Gasteiger charge is -2.16. The Morgan fingerprint density at radius 2 is 1.88 bits per heavy atom. The highest BCUT2D eigenvalue weighted by molar-refractivity contribution is 7.12. The van der Waals surface area contributed by atoms with Crippen LogP contribution in [0.2, 0.25) is 0 Å². The number of hydrogen-bond acceptors (Lipinski definition) is 5. The van der Waals surface area contributed by atoms with E-state index in [9.17, 15) is 14.4 Å². The molecule has 0 saturated carbocycles. The Morgan fingerprint density at radius 1 is 1.16 bits per heavy atom. The zero-order chi connectivity index (χ0) is 18.2. The van der Waals surface area contributed by atoms with Gasteiger partial charge in [0.15, 0.2) is 0 Å². The van der Waals surface area contributed by atoms with Gasteiger partial charge in [0.1, 0.15) is 0 Å². The highest BCUT2D eigenvalue weighted by Gasteiger charge is 2.15. The Hall–Kier alpha value is -2.87. The number of likely N-dealkylation sites (N-methyl/N-ethyl adjacent to an activating group) is 1. The lowest BCUT2D eigenvalue weighted by molar-refractivity contribution is -0.121. The van der Waals surface area contributed by atoms with E-state index in [0.717, 1.165) is 5.56 Å². The van der Waals surface area contributed by atoms with E-state index in [2.05, 4.69) is 15.4 Å². The zero-order valence-electron chi connectivity index (χ0n) is 13.9. The van der Waals surface area contributed by atoms with Crippen molar-refractivity contribution in [3.05, 3.63) is 52.2 Å². The van der Waals surface area contributed by atoms with Gasteiger partial charge in [0.2, 0.25) is 5.91 Å². The molecule has 0 unspecified atom stereocenters. The van der Waals surface area contributed by atoms with E-state index in [1.807, 2.05) is 5.38 Å². The molecule has 0 atom stereocenters. The molecule has 3 amide bonds. The third kappa shape index (κ3) is 5.61. The molecule has 0 spiro atoms. The number of rotatable bonds is 6. The molecule has 0 aliphatic rings. The quantitative estimate of drug-likeness (QED) is 0.826. The third-order valence-electron chi connectivity index (χ3n) is 3.33. The molecule has 2 N–H and O–H groups in total. The van der Waals surface area contributed by atoms with Gasteiger partial charge < -0.3 is 15.0 Å². The number of ether oxygens (including phenoxy) is 1. The number of carbonyl (C=O) groups excluding carboxylic acids is 3. The van der Waals surface area contributed by atoms with Crippen LogP contribution in [0.4, 0.5) is 10.5 Å². The van der Waals surface area contributed by atoms with Crippen molar-refractivity contribution < 1.29 is 19.1 Å². The fraction of sp³-hybridized carbons (Fsp3) is 0.235. The first-order valence-corrected chi connectivity index (χ1v) is 8.37. The maximum atomic E-state index is 12.1. The summed E-state index contributed by atoms with van der Waals surface area (Å²) in [5.41, 5.74) is 1.47. The minimum atomic E-state index is -0.542. The highest BCUT2D eigenvalue weighted by Crippen LogP contribution is 2.11. The van der Waals surface area contributed by atoms with Gasteiger partial charge in [-0.3, -0.25) is 14.9 Å². The van der Waals surface area contributed by atoms with Gasteiger partial charge in [0.05, 0.1) is 18.5 Å². The standard InChI is InChI=1S/C17H19N3O4S/c1-20(16(22)14-4-3-9-25-14)11-15(21)18-10-12-5-7-13(8-6-12)19-17(23)24-2/h3-9H,10-11H2,1-2H3,(H,18,21)(H,19,23). The smallest absolute Gasteiger partial charge is 0.411 e. The molecule has 0 saturated heterocycles. The van der Waals surface area contributed by atoms with Crippen molar-refractivity contribution in [1.82, 2.24) is 10.2 Å². The Balaban J connectivity index is 1.79. The summed E-state index contributed by atoms with van der Waals surface area (Å²) in [5, 5.41) is 7.12. The number of carbonyl (C=O) groups is 3. The second-order valence-corrected chi connectivity index (χ2v) is 6.18. The van der Waals surface area contributed by atoms with Crippen molar-refractivity contribution >= 4 is 34.9 Å². The van der Waals surface area contributed by atoms with Crippen LogP contribution in [-0.4, -0.2) is 43.5 Å². The van der Waals surface area contributed by atoms with E-state index in [1.165, 1.54) is 23.3 Å². The van der Waals surface area contributed by atoms with E-state index in [0.29, 0.717) is 17.1 Å². The molecule has 2 aromatic rings. The summed E-state index contributed by atoms with van der Waals surface area (Å²) in [5.74, 6) is -0.424. The maximum absolute atomic E-state index is 12.1. The zero-order valence-corrected chi connectivity index (χ0v) is 14.8. The summed E-state index contributed by atoms with van der Waals surface area (Å²) in [6.07, 6.45) is -0.542. The van der Waals surface area contributed by atoms with Gasteiger partial charge in [-0.25, -0.2) is 4.79 Å². The molecular formula is C17H19N3O4S. The van der Waals surface area contributed by atoms with E-state index in [4.69, 9.17) is 0 Å². The molecule has 25 heavy (non-hydrogen) atoms. The van der Waals surface area contributed by atoms with Gasteiger partial charge >= 0.3 is 6.09 Å². The first kappa shape index (κ1) is 18.5. The topological polar surface area (TPSA) is 87.7 Å². The van der Waals surface area contributed by atoms with Crippen molar-refractivity contribution in [3.8, 4) is 0 Å². The molecule has 2 rings (SSSR count). The SMILES string of the molecule is COC(=O)Nc1ccc(CNC(=O)CN(C)C(=O)c2cccs2)cc1. The van der Waals surface area contributed by atoms with Crippen LogP contribution in [0.15, 0.2) is 41.8 Å². The molecule has 1 heterocycles. The molecular weight excluding hydrogens is 342 g/mol. The number of anilines is 1. The fourth-order valence-corrected chi connectivity index (χ4v) is 2.72. The molecule has 1 aromatic heterocycles. The van der Waals surface area contributed by atoms with E-state index in [-0.39, 0.29) is 18.4 Å². The van der Waals surface area contributed by atoms with Crippen molar-refractivity contribution in [3.63, 3.8) is 0 Å². The second-order valence-electron chi connectivity index (χ2n) is 5.23. The summed E-state index contributed by atoms with van der Waals surface area (Å²) in [6, 6.07) is 10.5. The van der Waals surface area contributed by atoms with Crippen LogP contribution in [0.5, 0.6) is 0 Å². The van der Waals surface area contributed by atoms with Crippen LogP contribution in [0, 0.1) is 0 Å². The van der Waals surface area contributed by atoms with Gasteiger partial charge in [-0.05, 0) is 29.1 Å². The molecule has 132 valence electrons. The van der Waals surface area contributed by atoms with E-state index in [1.54, 1.807) is 43.4 Å². The Bertz CT molecular complexity index is 729. The van der Waals surface area contributed by atoms with E-state index >= 15 is 0 Å². The lowest BCUT2D eigenvalue weighted by atomic mass is 10.2. The lowest BCUT2D eigenvalue weighted by Crippen LogP contribution is -2.37. The van der Waals surface area contributed by atoms with Gasteiger partial charge in [-0.1, -0.05) is 18.2 Å². The predicted octanol–water partition coefficient (Wildman–Crippen LogP) is 2.31. The summed E-state index contributed by atoms with van der Waals surface area (Å²) >= 11 is 1.34. The largest absolute Gasteiger partial charge is 0.453 e.